The second-order valence-corrected chi connectivity index (χ2v) is 11.5. The summed E-state index contributed by atoms with van der Waals surface area (Å²) in [5.41, 5.74) is 2.75. The van der Waals surface area contributed by atoms with Gasteiger partial charge in [-0.1, -0.05) is 95.7 Å². The quantitative estimate of drug-likeness (QED) is 0.192. The molecule has 0 unspecified atom stereocenters. The van der Waals surface area contributed by atoms with Crippen LogP contribution in [-0.4, -0.2) is 24.3 Å². The van der Waals surface area contributed by atoms with Gasteiger partial charge in [0.05, 0.1) is 29.5 Å². The Balaban J connectivity index is 1.47. The summed E-state index contributed by atoms with van der Waals surface area (Å²) in [7, 11) is 1.58. The molecule has 0 spiro atoms. The third-order valence-electron chi connectivity index (χ3n) is 7.48. The Morgan fingerprint density at radius 1 is 1.02 bits per heavy atom. The molecule has 222 valence electrons. The van der Waals surface area contributed by atoms with Gasteiger partial charge >= 0.3 is 5.97 Å². The van der Waals surface area contributed by atoms with Gasteiger partial charge in [0.25, 0.3) is 5.56 Å². The van der Waals surface area contributed by atoms with E-state index >= 15 is 0 Å². The number of allylic oxidation sites excluding steroid dienone is 1. The van der Waals surface area contributed by atoms with E-state index in [0.717, 1.165) is 16.3 Å². The highest BCUT2D eigenvalue weighted by molar-refractivity contribution is 7.07. The van der Waals surface area contributed by atoms with Crippen molar-refractivity contribution in [2.45, 2.75) is 26.5 Å². The number of carbonyl (C=O) groups excluding carboxylic acids is 1. The van der Waals surface area contributed by atoms with Gasteiger partial charge in [0, 0.05) is 10.6 Å². The molecule has 9 heteroatoms. The number of nitrogens with zero attached hydrogens (tertiary/aromatic N) is 2. The number of methoxy groups -OCH3 is 1. The molecule has 1 aliphatic heterocycles. The first-order valence-electron chi connectivity index (χ1n) is 14.1. The minimum atomic E-state index is -0.798. The molecule has 2 heterocycles. The maximum Gasteiger partial charge on any atom is 0.338 e. The van der Waals surface area contributed by atoms with Crippen molar-refractivity contribution in [1.82, 2.24) is 4.57 Å². The van der Waals surface area contributed by atoms with Gasteiger partial charge in [0.1, 0.15) is 12.6 Å². The first-order chi connectivity index (χ1) is 21.4. The van der Waals surface area contributed by atoms with E-state index in [0.29, 0.717) is 49.3 Å². The summed E-state index contributed by atoms with van der Waals surface area (Å²) >= 11 is 7.86. The molecular formula is C35H29ClN2O5S. The fraction of sp³-hybridized carbons (Fsp3) is 0.171. The van der Waals surface area contributed by atoms with Crippen LogP contribution in [0.3, 0.4) is 0 Å². The summed E-state index contributed by atoms with van der Waals surface area (Å²) in [6.07, 6.45) is 1.78. The second kappa shape index (κ2) is 12.5. The summed E-state index contributed by atoms with van der Waals surface area (Å²) < 4.78 is 19.4. The molecule has 4 aromatic carbocycles. The number of hydrogen-bond donors (Lipinski definition) is 0. The number of fused-ring (bicyclic) bond motifs is 2. The van der Waals surface area contributed by atoms with E-state index in [-0.39, 0.29) is 17.7 Å². The van der Waals surface area contributed by atoms with Gasteiger partial charge in [0.2, 0.25) is 0 Å². The van der Waals surface area contributed by atoms with Crippen molar-refractivity contribution < 1.29 is 19.0 Å². The molecule has 44 heavy (non-hydrogen) atoms. The van der Waals surface area contributed by atoms with E-state index < -0.39 is 12.0 Å². The van der Waals surface area contributed by atoms with Crippen LogP contribution >= 0.6 is 22.9 Å². The Morgan fingerprint density at radius 3 is 2.57 bits per heavy atom. The lowest BCUT2D eigenvalue weighted by atomic mass is 9.96. The van der Waals surface area contributed by atoms with Gasteiger partial charge in [-0.25, -0.2) is 9.79 Å². The second-order valence-electron chi connectivity index (χ2n) is 10.1. The topological polar surface area (TPSA) is 79.1 Å². The van der Waals surface area contributed by atoms with Crippen molar-refractivity contribution in [2.75, 3.05) is 13.7 Å². The largest absolute Gasteiger partial charge is 0.493 e. The van der Waals surface area contributed by atoms with Crippen LogP contribution in [0.2, 0.25) is 5.02 Å². The molecule has 0 saturated heterocycles. The van der Waals surface area contributed by atoms with Gasteiger partial charge < -0.3 is 14.2 Å². The number of aromatic nitrogens is 1. The lowest BCUT2D eigenvalue weighted by Crippen LogP contribution is -2.40. The van der Waals surface area contributed by atoms with E-state index in [9.17, 15) is 9.59 Å². The molecule has 0 saturated carbocycles. The molecule has 1 aliphatic rings. The van der Waals surface area contributed by atoms with Gasteiger partial charge in [-0.2, -0.15) is 0 Å². The lowest BCUT2D eigenvalue weighted by Gasteiger charge is -2.25. The molecular weight excluding hydrogens is 596 g/mol. The van der Waals surface area contributed by atoms with Crippen molar-refractivity contribution >= 4 is 45.8 Å². The molecule has 1 atom stereocenters. The molecule has 7 nitrogen and oxygen atoms in total. The minimum Gasteiger partial charge on any atom is -0.493 e. The Labute approximate surface area is 262 Å². The van der Waals surface area contributed by atoms with Crippen molar-refractivity contribution in [1.29, 1.82) is 0 Å². The summed E-state index contributed by atoms with van der Waals surface area (Å²) in [5, 5.41) is 2.66. The van der Waals surface area contributed by atoms with Crippen LogP contribution < -0.4 is 24.4 Å². The van der Waals surface area contributed by atoms with Gasteiger partial charge in [-0.3, -0.25) is 9.36 Å². The van der Waals surface area contributed by atoms with E-state index in [2.05, 4.69) is 23.2 Å². The maximum absolute atomic E-state index is 14.1. The summed E-state index contributed by atoms with van der Waals surface area (Å²) in [6.45, 7) is 3.97. The zero-order valence-corrected chi connectivity index (χ0v) is 25.9. The molecule has 0 aliphatic carbocycles. The Bertz CT molecular complexity index is 2110. The number of benzene rings is 4. The monoisotopic (exact) mass is 624 g/mol. The van der Waals surface area contributed by atoms with Crippen LogP contribution in [0.1, 0.15) is 36.6 Å². The van der Waals surface area contributed by atoms with E-state index in [1.54, 1.807) is 39.2 Å². The predicted octanol–water partition coefficient (Wildman–Crippen LogP) is 6.19. The number of para-hydroxylation sites is 1. The highest BCUT2D eigenvalue weighted by Gasteiger charge is 2.34. The Hall–Kier alpha value is -4.66. The van der Waals surface area contributed by atoms with Crippen molar-refractivity contribution in [2.24, 2.45) is 4.99 Å². The summed E-state index contributed by atoms with van der Waals surface area (Å²) in [4.78, 5) is 32.4. The van der Waals surface area contributed by atoms with Crippen LogP contribution in [-0.2, 0) is 16.1 Å². The van der Waals surface area contributed by atoms with Crippen LogP contribution in [0.25, 0.3) is 16.8 Å². The molecule has 0 fully saturated rings. The number of thiazole rings is 1. The Kier molecular flexibility index (Phi) is 8.37. The number of ether oxygens (including phenoxy) is 3. The van der Waals surface area contributed by atoms with E-state index in [1.165, 1.54) is 15.9 Å². The molecule has 0 bridgehead atoms. The highest BCUT2D eigenvalue weighted by atomic mass is 35.5. The number of rotatable bonds is 8. The first-order valence-corrected chi connectivity index (χ1v) is 15.3. The molecule has 0 amide bonds. The molecule has 0 radical (unpaired) electrons. The highest BCUT2D eigenvalue weighted by Crippen LogP contribution is 2.35. The standard InChI is InChI=1S/C35H29ClN2O5S/c1-4-42-34(40)30-21(2)37-35-38(31(30)26-16-7-8-17-27(26)36)33(39)29(44-35)19-23-13-10-18-28(41-3)32(23)43-20-24-14-9-12-22-11-5-6-15-25(22)24/h5-19,31H,4,20H2,1-3H3/b29-19-/t31-/m0/s1. The zero-order chi connectivity index (χ0) is 30.8. The SMILES string of the molecule is CCOC(=O)C1=C(C)N=c2s/c(=C\c3cccc(OC)c3OCc3cccc4ccccc34)c(=O)n2[C@H]1c1ccccc1Cl. The van der Waals surface area contributed by atoms with Crippen molar-refractivity contribution in [3.8, 4) is 11.5 Å². The van der Waals surface area contributed by atoms with Crippen LogP contribution in [0, 0.1) is 0 Å². The normalized spacial score (nSPS) is 14.7. The molecule has 5 aromatic rings. The number of halogens is 1. The number of carbonyl (C=O) groups is 1. The lowest BCUT2D eigenvalue weighted by molar-refractivity contribution is -0.139. The average molecular weight is 625 g/mol. The fourth-order valence-electron chi connectivity index (χ4n) is 5.45. The van der Waals surface area contributed by atoms with Crippen LogP contribution in [0.5, 0.6) is 11.5 Å². The van der Waals surface area contributed by atoms with Crippen molar-refractivity contribution in [3.05, 3.63) is 138 Å². The zero-order valence-electron chi connectivity index (χ0n) is 24.4. The van der Waals surface area contributed by atoms with E-state index in [1.807, 2.05) is 54.6 Å². The van der Waals surface area contributed by atoms with Crippen LogP contribution in [0.15, 0.2) is 106 Å². The van der Waals surface area contributed by atoms with Gasteiger partial charge in [-0.05, 0) is 54.0 Å². The van der Waals surface area contributed by atoms with E-state index in [4.69, 9.17) is 25.8 Å². The molecule has 0 N–H and O–H groups in total. The van der Waals surface area contributed by atoms with Gasteiger partial charge in [0.15, 0.2) is 16.3 Å². The summed E-state index contributed by atoms with van der Waals surface area (Å²) in [5.74, 6) is 0.519. The maximum atomic E-state index is 14.1. The third kappa shape index (κ3) is 5.42. The van der Waals surface area contributed by atoms with Crippen LogP contribution in [0.4, 0.5) is 0 Å². The van der Waals surface area contributed by atoms with Gasteiger partial charge in [-0.15, -0.1) is 0 Å². The van der Waals surface area contributed by atoms with Crippen molar-refractivity contribution in [3.63, 3.8) is 0 Å². The predicted molar refractivity (Wildman–Crippen MR) is 173 cm³/mol. The first kappa shape index (κ1) is 29.4. The number of esters is 1. The fourth-order valence-corrected chi connectivity index (χ4v) is 6.73. The average Bonchev–Trinajstić information content (AvgIpc) is 3.33. The molecule has 1 aromatic heterocycles. The number of hydrogen-bond acceptors (Lipinski definition) is 7. The minimum absolute atomic E-state index is 0.187. The molecule has 6 rings (SSSR count). The smallest absolute Gasteiger partial charge is 0.338 e. The summed E-state index contributed by atoms with van der Waals surface area (Å²) in [6, 6.07) is 26.2. The third-order valence-corrected chi connectivity index (χ3v) is 8.81. The Morgan fingerprint density at radius 2 is 1.77 bits per heavy atom.